The van der Waals surface area contributed by atoms with Crippen LogP contribution in [0.15, 0.2) is 0 Å². The SMILES string of the molecule is CSCCC(NC(=O)C(CCC(=O)O)NC(=O)C(CC(=O)O)NC(C)=O)C(=O)NC(CCC(=O)O)C(=O)NC(CCC(=O)O)C(=O)NC(CS)C(=O)O. The number of hydrogen-bond acceptors (Lipinski definition) is 13. The number of nitrogens with one attached hydrogen (secondary N) is 6. The summed E-state index contributed by atoms with van der Waals surface area (Å²) < 4.78 is 0. The lowest BCUT2D eigenvalue weighted by atomic mass is 10.1. The van der Waals surface area contributed by atoms with Crippen molar-refractivity contribution >= 4 is 89.7 Å². The lowest BCUT2D eigenvalue weighted by Gasteiger charge is -2.27. The molecule has 0 saturated heterocycles. The van der Waals surface area contributed by atoms with Gasteiger partial charge in [0.05, 0.1) is 6.42 Å². The maximum atomic E-state index is 13.5. The summed E-state index contributed by atoms with van der Waals surface area (Å²) in [6, 6.07) is -9.77. The Morgan fingerprint density at radius 2 is 0.811 bits per heavy atom. The summed E-state index contributed by atoms with van der Waals surface area (Å²) in [4.78, 5) is 134. The van der Waals surface area contributed by atoms with Crippen molar-refractivity contribution in [3.8, 4) is 0 Å². The lowest BCUT2D eigenvalue weighted by Crippen LogP contribution is -2.59. The maximum absolute atomic E-state index is 13.5. The first-order valence-electron chi connectivity index (χ1n) is 15.7. The Hall–Kier alpha value is -5.13. The minimum atomic E-state index is -1.72. The number of thiol groups is 1. The molecular weight excluding hydrogens is 752 g/mol. The van der Waals surface area contributed by atoms with Gasteiger partial charge < -0.3 is 57.4 Å². The van der Waals surface area contributed by atoms with Gasteiger partial charge in [-0.2, -0.15) is 24.4 Å². The second kappa shape index (κ2) is 24.9. The Morgan fingerprint density at radius 3 is 1.08 bits per heavy atom. The van der Waals surface area contributed by atoms with E-state index < -0.39 is 146 Å². The molecule has 0 aliphatic carbocycles. The van der Waals surface area contributed by atoms with E-state index in [-0.39, 0.29) is 17.9 Å². The van der Waals surface area contributed by atoms with Crippen LogP contribution in [0, 0.1) is 0 Å². The van der Waals surface area contributed by atoms with E-state index in [1.54, 1.807) is 6.26 Å². The molecule has 0 spiro atoms. The fourth-order valence-corrected chi connectivity index (χ4v) is 5.01. The standard InChI is InChI=1S/C29H44N6O16S2/c1-13(36)30-18(11-23(43)44)28(49)33-15(4-7-21(39)40)25(46)34-17(9-10-53-2)27(48)32-14(3-6-20(37)38)24(45)31-16(5-8-22(41)42)26(47)35-19(12-52)29(50)51/h14-19,52H,3-12H2,1-2H3,(H,30,36)(H,31,45)(H,32,48)(H,33,49)(H,34,46)(H,35,47)(H,37,38)(H,39,40)(H,41,42)(H,43,44)(H,50,51). The Labute approximate surface area is 311 Å². The fourth-order valence-electron chi connectivity index (χ4n) is 4.29. The summed E-state index contributed by atoms with van der Waals surface area (Å²) in [5.41, 5.74) is 0. The van der Waals surface area contributed by atoms with Crippen molar-refractivity contribution in [3.05, 3.63) is 0 Å². The number of thioether (sulfide) groups is 1. The van der Waals surface area contributed by atoms with Gasteiger partial charge in [0.15, 0.2) is 0 Å². The largest absolute Gasteiger partial charge is 0.481 e. The zero-order chi connectivity index (χ0) is 40.8. The van der Waals surface area contributed by atoms with E-state index in [0.29, 0.717) is 0 Å². The van der Waals surface area contributed by atoms with Gasteiger partial charge in [-0.25, -0.2) is 4.79 Å². The van der Waals surface area contributed by atoms with Gasteiger partial charge >= 0.3 is 29.8 Å². The molecular formula is C29H44N6O16S2. The van der Waals surface area contributed by atoms with Crippen LogP contribution in [-0.4, -0.2) is 145 Å². The molecule has 0 aromatic heterocycles. The van der Waals surface area contributed by atoms with Crippen molar-refractivity contribution < 1.29 is 78.3 Å². The van der Waals surface area contributed by atoms with Crippen LogP contribution in [0.5, 0.6) is 0 Å². The van der Waals surface area contributed by atoms with Gasteiger partial charge in [0.1, 0.15) is 36.3 Å². The van der Waals surface area contributed by atoms with Crippen molar-refractivity contribution in [2.75, 3.05) is 17.8 Å². The van der Waals surface area contributed by atoms with Crippen LogP contribution in [0.1, 0.15) is 58.3 Å². The summed E-state index contributed by atoms with van der Waals surface area (Å²) in [6.45, 7) is 0.999. The first kappa shape index (κ1) is 47.9. The first-order valence-corrected chi connectivity index (χ1v) is 17.7. The molecule has 0 rings (SSSR count). The minimum absolute atomic E-state index is 0.136. The van der Waals surface area contributed by atoms with E-state index in [0.717, 1.165) is 6.92 Å². The van der Waals surface area contributed by atoms with Crippen molar-refractivity contribution in [3.63, 3.8) is 0 Å². The zero-order valence-corrected chi connectivity index (χ0v) is 30.3. The molecule has 298 valence electrons. The van der Waals surface area contributed by atoms with Gasteiger partial charge in [-0.1, -0.05) is 0 Å². The maximum Gasteiger partial charge on any atom is 0.327 e. The van der Waals surface area contributed by atoms with Crippen LogP contribution in [0.3, 0.4) is 0 Å². The van der Waals surface area contributed by atoms with Crippen LogP contribution in [-0.2, 0) is 52.7 Å². The number of amides is 6. The Bertz CT molecular complexity index is 1370. The van der Waals surface area contributed by atoms with Crippen LogP contribution < -0.4 is 31.9 Å². The first-order chi connectivity index (χ1) is 24.7. The molecule has 0 aromatic carbocycles. The molecule has 0 aliphatic heterocycles. The van der Waals surface area contributed by atoms with E-state index in [4.69, 9.17) is 10.2 Å². The van der Waals surface area contributed by atoms with E-state index in [9.17, 15) is 68.1 Å². The zero-order valence-electron chi connectivity index (χ0n) is 28.6. The molecule has 0 radical (unpaired) electrons. The Kier molecular flexibility index (Phi) is 22.5. The van der Waals surface area contributed by atoms with Gasteiger partial charge in [-0.05, 0) is 37.7 Å². The molecule has 0 heterocycles. The number of carbonyl (C=O) groups excluding carboxylic acids is 6. The molecule has 0 aliphatic rings. The normalized spacial score (nSPS) is 14.0. The van der Waals surface area contributed by atoms with Gasteiger partial charge in [0.2, 0.25) is 35.4 Å². The van der Waals surface area contributed by atoms with Crippen molar-refractivity contribution in [1.29, 1.82) is 0 Å². The van der Waals surface area contributed by atoms with E-state index in [1.807, 2.05) is 0 Å². The number of carboxylic acid groups (broad SMARTS) is 5. The molecule has 53 heavy (non-hydrogen) atoms. The summed E-state index contributed by atoms with van der Waals surface area (Å²) >= 11 is 5.04. The highest BCUT2D eigenvalue weighted by atomic mass is 32.2. The third-order valence-corrected chi connectivity index (χ3v) is 7.96. The third-order valence-electron chi connectivity index (χ3n) is 6.95. The number of hydrogen-bond donors (Lipinski definition) is 12. The topological polar surface area (TPSA) is 361 Å². The molecule has 6 atom stereocenters. The van der Waals surface area contributed by atoms with E-state index >= 15 is 0 Å². The van der Waals surface area contributed by atoms with E-state index in [2.05, 4.69) is 44.5 Å². The molecule has 0 aromatic rings. The molecule has 0 fully saturated rings. The number of carbonyl (C=O) groups is 11. The molecule has 11 N–H and O–H groups in total. The summed E-state index contributed by atoms with van der Waals surface area (Å²) in [7, 11) is 0. The van der Waals surface area contributed by atoms with Crippen molar-refractivity contribution in [2.24, 2.45) is 0 Å². The highest BCUT2D eigenvalue weighted by Crippen LogP contribution is 2.09. The van der Waals surface area contributed by atoms with Gasteiger partial charge in [-0.15, -0.1) is 0 Å². The average Bonchev–Trinajstić information content (AvgIpc) is 3.05. The smallest absolute Gasteiger partial charge is 0.327 e. The van der Waals surface area contributed by atoms with Crippen molar-refractivity contribution in [2.45, 2.75) is 94.5 Å². The van der Waals surface area contributed by atoms with Crippen LogP contribution in [0.2, 0.25) is 0 Å². The Balaban J connectivity index is 6.38. The molecule has 0 bridgehead atoms. The van der Waals surface area contributed by atoms with Gasteiger partial charge in [0.25, 0.3) is 0 Å². The molecule has 22 nitrogen and oxygen atoms in total. The molecule has 24 heteroatoms. The van der Waals surface area contributed by atoms with Crippen molar-refractivity contribution in [1.82, 2.24) is 31.9 Å². The number of aliphatic carboxylic acids is 5. The van der Waals surface area contributed by atoms with Crippen LogP contribution >= 0.6 is 24.4 Å². The average molecular weight is 797 g/mol. The predicted molar refractivity (Wildman–Crippen MR) is 185 cm³/mol. The number of rotatable bonds is 27. The summed E-state index contributed by atoms with van der Waals surface area (Å²) in [5.74, 6) is -13.7. The minimum Gasteiger partial charge on any atom is -0.481 e. The quantitative estimate of drug-likeness (QED) is 0.0363. The van der Waals surface area contributed by atoms with Gasteiger partial charge in [0, 0.05) is 31.9 Å². The highest BCUT2D eigenvalue weighted by molar-refractivity contribution is 7.98. The van der Waals surface area contributed by atoms with Gasteiger partial charge in [-0.3, -0.25) is 47.9 Å². The Morgan fingerprint density at radius 1 is 0.491 bits per heavy atom. The second-order valence-electron chi connectivity index (χ2n) is 11.3. The summed E-state index contributed by atoms with van der Waals surface area (Å²) in [6.07, 6.45) is -3.13. The highest BCUT2D eigenvalue weighted by Gasteiger charge is 2.34. The predicted octanol–water partition coefficient (Wildman–Crippen LogP) is -3.25. The van der Waals surface area contributed by atoms with E-state index in [1.165, 1.54) is 11.8 Å². The fraction of sp³-hybridized carbons (Fsp3) is 0.621. The van der Waals surface area contributed by atoms with Crippen LogP contribution in [0.4, 0.5) is 0 Å². The molecule has 0 saturated carbocycles. The third kappa shape index (κ3) is 20.5. The number of carboxylic acids is 5. The summed E-state index contributed by atoms with van der Waals surface area (Å²) in [5, 5.41) is 59.1. The van der Waals surface area contributed by atoms with Crippen LogP contribution in [0.25, 0.3) is 0 Å². The second-order valence-corrected chi connectivity index (χ2v) is 12.6. The lowest BCUT2D eigenvalue weighted by molar-refractivity contribution is -0.142. The molecule has 6 unspecified atom stereocenters. The molecule has 6 amide bonds. The monoisotopic (exact) mass is 796 g/mol.